The van der Waals surface area contributed by atoms with E-state index in [2.05, 4.69) is 45.6 Å². The molecule has 162 valence electrons. The highest BCUT2D eigenvalue weighted by Gasteiger charge is 2.50. The van der Waals surface area contributed by atoms with Gasteiger partial charge < -0.3 is 14.6 Å². The van der Waals surface area contributed by atoms with Crippen molar-refractivity contribution < 1.29 is 9.53 Å². The molecule has 1 saturated heterocycles. The molecule has 1 spiro atoms. The van der Waals surface area contributed by atoms with Crippen LogP contribution in [0.3, 0.4) is 0 Å². The number of aryl methyl sites for hydroxylation is 1. The summed E-state index contributed by atoms with van der Waals surface area (Å²) in [6.45, 7) is 1.66. The van der Waals surface area contributed by atoms with Gasteiger partial charge in [-0.05, 0) is 42.5 Å². The topological polar surface area (TPSA) is 69.0 Å². The Morgan fingerprint density at radius 1 is 1.25 bits per heavy atom. The van der Waals surface area contributed by atoms with Crippen LogP contribution >= 0.6 is 11.3 Å². The van der Waals surface area contributed by atoms with Crippen molar-refractivity contribution in [2.45, 2.75) is 25.3 Å². The van der Waals surface area contributed by atoms with E-state index in [4.69, 9.17) is 4.74 Å². The van der Waals surface area contributed by atoms with Crippen LogP contribution in [0.25, 0.3) is 21.6 Å². The van der Waals surface area contributed by atoms with Crippen LogP contribution in [0.5, 0.6) is 0 Å². The number of aromatic nitrogens is 3. The summed E-state index contributed by atoms with van der Waals surface area (Å²) in [6.07, 6.45) is 6.58. The molecule has 1 amide bonds. The fraction of sp³-hybridized carbons (Fsp3) is 0.320. The predicted octanol–water partition coefficient (Wildman–Crippen LogP) is 4.20. The highest BCUT2D eigenvalue weighted by Crippen LogP contribution is 2.46. The third-order valence-electron chi connectivity index (χ3n) is 6.69. The number of pyridine rings is 1. The Morgan fingerprint density at radius 3 is 2.75 bits per heavy atom. The van der Waals surface area contributed by atoms with E-state index in [1.54, 1.807) is 11.3 Å². The Kier molecular flexibility index (Phi) is 4.62. The minimum Gasteiger partial charge on any atom is -0.380 e. The molecule has 4 aromatic rings. The average molecular weight is 445 g/mol. The van der Waals surface area contributed by atoms with Crippen LogP contribution in [0, 0.1) is 5.41 Å². The minimum absolute atomic E-state index is 0.0893. The van der Waals surface area contributed by atoms with E-state index in [1.165, 1.54) is 5.56 Å². The van der Waals surface area contributed by atoms with Crippen molar-refractivity contribution in [3.8, 4) is 10.6 Å². The lowest BCUT2D eigenvalue weighted by molar-refractivity contribution is -0.165. The second-order valence-corrected chi connectivity index (χ2v) is 10.0. The Balaban J connectivity index is 1.25. The van der Waals surface area contributed by atoms with Gasteiger partial charge in [-0.2, -0.15) is 0 Å². The summed E-state index contributed by atoms with van der Waals surface area (Å²) < 4.78 is 7.32. The standard InChI is InChI=1S/C25H24N4O2S/c1-29-8-6-20-18(10-16-2-4-17(5-3-16)24-26-7-9-32-24)11-21(28-22(20)29)23(30)27-19-12-25(13-19)14-31-15-25/h2-9,11,19H,10,12-15H2,1H3,(H,27,30). The molecule has 1 aromatic carbocycles. The zero-order valence-electron chi connectivity index (χ0n) is 17.9. The lowest BCUT2D eigenvalue weighted by Gasteiger charge is -2.53. The number of thiazole rings is 1. The summed E-state index contributed by atoms with van der Waals surface area (Å²) in [4.78, 5) is 22.1. The first-order chi connectivity index (χ1) is 15.6. The monoisotopic (exact) mass is 444 g/mol. The molecule has 0 radical (unpaired) electrons. The second-order valence-electron chi connectivity index (χ2n) is 9.11. The number of rotatable bonds is 5. The van der Waals surface area contributed by atoms with Gasteiger partial charge in [0.15, 0.2) is 0 Å². The molecule has 2 fully saturated rings. The summed E-state index contributed by atoms with van der Waals surface area (Å²) in [6, 6.07) is 12.8. The van der Waals surface area contributed by atoms with Crippen molar-refractivity contribution in [3.05, 3.63) is 71.0 Å². The van der Waals surface area contributed by atoms with Gasteiger partial charge in [0.1, 0.15) is 16.3 Å². The van der Waals surface area contributed by atoms with E-state index in [1.807, 2.05) is 35.5 Å². The molecule has 0 bridgehead atoms. The zero-order chi connectivity index (χ0) is 21.7. The molecule has 6 nitrogen and oxygen atoms in total. The number of carbonyl (C=O) groups is 1. The number of carbonyl (C=O) groups excluding carboxylic acids is 1. The summed E-state index contributed by atoms with van der Waals surface area (Å²) >= 11 is 1.64. The highest BCUT2D eigenvalue weighted by atomic mass is 32.1. The third kappa shape index (κ3) is 3.42. The van der Waals surface area contributed by atoms with Gasteiger partial charge in [-0.25, -0.2) is 9.97 Å². The number of hydrogen-bond donors (Lipinski definition) is 1. The average Bonchev–Trinajstić information content (AvgIpc) is 3.40. The normalized spacial score (nSPS) is 17.3. The Bertz CT molecular complexity index is 1280. The van der Waals surface area contributed by atoms with Crippen molar-refractivity contribution >= 4 is 28.3 Å². The summed E-state index contributed by atoms with van der Waals surface area (Å²) in [5.74, 6) is -0.0893. The van der Waals surface area contributed by atoms with Crippen molar-refractivity contribution in [2.24, 2.45) is 12.5 Å². The largest absolute Gasteiger partial charge is 0.380 e. The first kappa shape index (κ1) is 19.6. The molecule has 7 heteroatoms. The minimum atomic E-state index is -0.0893. The van der Waals surface area contributed by atoms with Crippen LogP contribution in [-0.4, -0.2) is 39.7 Å². The summed E-state index contributed by atoms with van der Waals surface area (Å²) in [5.41, 5.74) is 5.07. The van der Waals surface area contributed by atoms with E-state index in [9.17, 15) is 4.79 Å². The molecule has 6 rings (SSSR count). The molecule has 1 aliphatic heterocycles. The van der Waals surface area contributed by atoms with Gasteiger partial charge in [-0.15, -0.1) is 11.3 Å². The van der Waals surface area contributed by atoms with Gasteiger partial charge in [0.25, 0.3) is 5.91 Å². The lowest BCUT2D eigenvalue weighted by atomic mass is 9.64. The Hall–Kier alpha value is -3.03. The Labute approximate surface area is 190 Å². The zero-order valence-corrected chi connectivity index (χ0v) is 18.7. The molecule has 1 aliphatic carbocycles. The van der Waals surface area contributed by atoms with Gasteiger partial charge >= 0.3 is 0 Å². The molecule has 0 unspecified atom stereocenters. The molecule has 32 heavy (non-hydrogen) atoms. The third-order valence-corrected chi connectivity index (χ3v) is 7.52. The van der Waals surface area contributed by atoms with Gasteiger partial charge in [-0.3, -0.25) is 4.79 Å². The predicted molar refractivity (Wildman–Crippen MR) is 125 cm³/mol. The fourth-order valence-corrected chi connectivity index (χ4v) is 5.53. The van der Waals surface area contributed by atoms with Gasteiger partial charge in [-0.1, -0.05) is 24.3 Å². The highest BCUT2D eigenvalue weighted by molar-refractivity contribution is 7.13. The van der Waals surface area contributed by atoms with E-state index in [-0.39, 0.29) is 11.9 Å². The smallest absolute Gasteiger partial charge is 0.270 e. The maximum absolute atomic E-state index is 13.0. The Morgan fingerprint density at radius 2 is 2.06 bits per heavy atom. The number of ether oxygens (including phenoxy) is 1. The number of nitrogens with zero attached hydrogens (tertiary/aromatic N) is 3. The van der Waals surface area contributed by atoms with Crippen LogP contribution in [0.2, 0.25) is 0 Å². The van der Waals surface area contributed by atoms with E-state index < -0.39 is 0 Å². The number of nitrogens with one attached hydrogen (secondary N) is 1. The van der Waals surface area contributed by atoms with E-state index in [0.717, 1.165) is 59.6 Å². The van der Waals surface area contributed by atoms with Crippen molar-refractivity contribution in [1.29, 1.82) is 0 Å². The molecule has 4 heterocycles. The summed E-state index contributed by atoms with van der Waals surface area (Å²) in [7, 11) is 1.97. The van der Waals surface area contributed by atoms with E-state index >= 15 is 0 Å². The van der Waals surface area contributed by atoms with Gasteiger partial charge in [0.05, 0.1) is 13.2 Å². The molecular formula is C25H24N4O2S. The summed E-state index contributed by atoms with van der Waals surface area (Å²) in [5, 5.41) is 7.27. The van der Waals surface area contributed by atoms with Gasteiger partial charge in [0.2, 0.25) is 0 Å². The molecule has 3 aromatic heterocycles. The number of hydrogen-bond acceptors (Lipinski definition) is 5. The number of benzene rings is 1. The van der Waals surface area contributed by atoms with Crippen LogP contribution in [0.15, 0.2) is 54.2 Å². The number of amides is 1. The maximum Gasteiger partial charge on any atom is 0.270 e. The quantitative estimate of drug-likeness (QED) is 0.501. The van der Waals surface area contributed by atoms with Crippen LogP contribution < -0.4 is 5.32 Å². The fourth-order valence-electron chi connectivity index (χ4n) is 4.89. The van der Waals surface area contributed by atoms with Crippen LogP contribution in [0.4, 0.5) is 0 Å². The lowest BCUT2D eigenvalue weighted by Crippen LogP contribution is -2.59. The molecule has 2 aliphatic rings. The van der Waals surface area contributed by atoms with Crippen LogP contribution in [0.1, 0.15) is 34.5 Å². The van der Waals surface area contributed by atoms with Crippen molar-refractivity contribution in [2.75, 3.05) is 13.2 Å². The molecule has 0 atom stereocenters. The number of fused-ring (bicyclic) bond motifs is 1. The molecular weight excluding hydrogens is 420 g/mol. The van der Waals surface area contributed by atoms with Crippen molar-refractivity contribution in [1.82, 2.24) is 19.9 Å². The second kappa shape index (κ2) is 7.53. The van der Waals surface area contributed by atoms with E-state index in [0.29, 0.717) is 11.1 Å². The first-order valence-electron chi connectivity index (χ1n) is 10.9. The van der Waals surface area contributed by atoms with Gasteiger partial charge in [0, 0.05) is 47.2 Å². The van der Waals surface area contributed by atoms with Crippen molar-refractivity contribution in [3.63, 3.8) is 0 Å². The molecule has 1 N–H and O–H groups in total. The first-order valence-corrected chi connectivity index (χ1v) is 11.8. The molecule has 1 saturated carbocycles. The van der Waals surface area contributed by atoms with Crippen LogP contribution in [-0.2, 0) is 18.2 Å². The maximum atomic E-state index is 13.0. The SMILES string of the molecule is Cn1ccc2c(Cc3ccc(-c4nccs4)cc3)cc(C(=O)NC3CC4(COC4)C3)nc21.